The highest BCUT2D eigenvalue weighted by Crippen LogP contribution is 2.19. The Labute approximate surface area is 112 Å². The van der Waals surface area contributed by atoms with Crippen LogP contribution >= 0.6 is 0 Å². The molecule has 0 aromatic heterocycles. The molecule has 0 aliphatic heterocycles. The number of aryl methyl sites for hydroxylation is 1. The Bertz CT molecular complexity index is 483. The molecule has 0 heterocycles. The predicted molar refractivity (Wildman–Crippen MR) is 73.6 cm³/mol. The first-order valence-corrected chi connectivity index (χ1v) is 6.47. The Balaban J connectivity index is 1.97. The number of rotatable bonds is 6. The lowest BCUT2D eigenvalue weighted by atomic mass is 10.1. The third kappa shape index (κ3) is 3.98. The monoisotopic (exact) mass is 261 g/mol. The largest absolute Gasteiger partial charge is 0.373 e. The molecule has 0 spiro atoms. The molecule has 5 nitrogen and oxygen atoms in total. The van der Waals surface area contributed by atoms with Crippen LogP contribution in [0.15, 0.2) is 24.3 Å². The molecular formula is C14H19N3O2. The number of nitrogens with one attached hydrogen (secondary N) is 2. The number of benzene rings is 1. The van der Waals surface area contributed by atoms with Gasteiger partial charge in [-0.05, 0) is 31.4 Å². The summed E-state index contributed by atoms with van der Waals surface area (Å²) in [5.41, 5.74) is 7.18. The van der Waals surface area contributed by atoms with Gasteiger partial charge in [0, 0.05) is 11.7 Å². The molecule has 19 heavy (non-hydrogen) atoms. The lowest BCUT2D eigenvalue weighted by Gasteiger charge is -2.17. The fourth-order valence-corrected chi connectivity index (χ4v) is 1.84. The van der Waals surface area contributed by atoms with Gasteiger partial charge >= 0.3 is 0 Å². The van der Waals surface area contributed by atoms with Crippen molar-refractivity contribution in [3.63, 3.8) is 0 Å². The van der Waals surface area contributed by atoms with Gasteiger partial charge in [0.05, 0.1) is 6.42 Å². The van der Waals surface area contributed by atoms with E-state index in [-0.39, 0.29) is 12.3 Å². The first-order chi connectivity index (χ1) is 9.06. The number of primary amides is 1. The number of nitrogens with two attached hydrogens (primary N) is 1. The summed E-state index contributed by atoms with van der Waals surface area (Å²) in [5.74, 6) is -0.651. The van der Waals surface area contributed by atoms with Crippen LogP contribution in [0.2, 0.25) is 0 Å². The molecule has 1 aliphatic rings. The molecule has 5 heteroatoms. The van der Waals surface area contributed by atoms with Crippen molar-refractivity contribution in [1.29, 1.82) is 0 Å². The van der Waals surface area contributed by atoms with Gasteiger partial charge in [0.15, 0.2) is 0 Å². The topological polar surface area (TPSA) is 84.2 Å². The van der Waals surface area contributed by atoms with Crippen LogP contribution in [0.25, 0.3) is 0 Å². The number of carbonyl (C=O) groups is 2. The second kappa shape index (κ2) is 5.73. The summed E-state index contributed by atoms with van der Waals surface area (Å²) in [6.07, 6.45) is 2.12. The van der Waals surface area contributed by atoms with Gasteiger partial charge in [0.25, 0.3) is 0 Å². The molecule has 0 radical (unpaired) electrons. The first kappa shape index (κ1) is 13.4. The molecule has 0 saturated heterocycles. The van der Waals surface area contributed by atoms with Crippen LogP contribution in [0, 0.1) is 6.92 Å². The van der Waals surface area contributed by atoms with Crippen molar-refractivity contribution in [3.8, 4) is 0 Å². The lowest BCUT2D eigenvalue weighted by molar-refractivity contribution is -0.125. The Morgan fingerprint density at radius 3 is 2.63 bits per heavy atom. The minimum Gasteiger partial charge on any atom is -0.373 e. The Hall–Kier alpha value is -2.04. The standard InChI is InChI=1S/C14H19N3O2/c1-9-4-2-3-5-11(9)17-12(14(15)19)8-13(18)16-10-6-7-10/h2-5,10,12,17H,6-8H2,1H3,(H2,15,19)(H,16,18). The van der Waals surface area contributed by atoms with Crippen molar-refractivity contribution in [2.24, 2.45) is 5.73 Å². The maximum absolute atomic E-state index is 11.7. The maximum Gasteiger partial charge on any atom is 0.240 e. The van der Waals surface area contributed by atoms with Gasteiger partial charge in [0.2, 0.25) is 11.8 Å². The second-order valence-corrected chi connectivity index (χ2v) is 4.96. The zero-order chi connectivity index (χ0) is 13.8. The van der Waals surface area contributed by atoms with Crippen LogP contribution in [-0.2, 0) is 9.59 Å². The van der Waals surface area contributed by atoms with Crippen LogP contribution in [0.5, 0.6) is 0 Å². The number of hydrogen-bond acceptors (Lipinski definition) is 3. The van der Waals surface area contributed by atoms with Crippen molar-refractivity contribution < 1.29 is 9.59 Å². The average Bonchev–Trinajstić information content (AvgIpc) is 3.14. The third-order valence-corrected chi connectivity index (χ3v) is 3.15. The summed E-state index contributed by atoms with van der Waals surface area (Å²) in [4.78, 5) is 23.2. The Morgan fingerprint density at radius 1 is 1.37 bits per heavy atom. The van der Waals surface area contributed by atoms with Gasteiger partial charge in [-0.25, -0.2) is 0 Å². The molecule has 1 aromatic rings. The van der Waals surface area contributed by atoms with Gasteiger partial charge in [-0.15, -0.1) is 0 Å². The van der Waals surface area contributed by atoms with E-state index in [1.165, 1.54) is 0 Å². The highest BCUT2D eigenvalue weighted by molar-refractivity contribution is 5.89. The summed E-state index contributed by atoms with van der Waals surface area (Å²) in [6, 6.07) is 7.20. The van der Waals surface area contributed by atoms with E-state index < -0.39 is 11.9 Å². The summed E-state index contributed by atoms with van der Waals surface area (Å²) < 4.78 is 0. The summed E-state index contributed by atoms with van der Waals surface area (Å²) >= 11 is 0. The van der Waals surface area contributed by atoms with E-state index in [0.29, 0.717) is 6.04 Å². The molecule has 1 aliphatic carbocycles. The van der Waals surface area contributed by atoms with Crippen molar-refractivity contribution in [2.45, 2.75) is 38.3 Å². The molecule has 2 rings (SSSR count). The molecule has 102 valence electrons. The van der Waals surface area contributed by atoms with Crippen LogP contribution < -0.4 is 16.4 Å². The number of hydrogen-bond donors (Lipinski definition) is 3. The van der Waals surface area contributed by atoms with E-state index in [4.69, 9.17) is 5.73 Å². The summed E-state index contributed by atoms with van der Waals surface area (Å²) in [5, 5.41) is 5.89. The highest BCUT2D eigenvalue weighted by atomic mass is 16.2. The molecular weight excluding hydrogens is 242 g/mol. The fraction of sp³-hybridized carbons (Fsp3) is 0.429. The number of para-hydroxylation sites is 1. The van der Waals surface area contributed by atoms with Crippen molar-refractivity contribution >= 4 is 17.5 Å². The van der Waals surface area contributed by atoms with Gasteiger partial charge < -0.3 is 16.4 Å². The molecule has 0 bridgehead atoms. The minimum absolute atomic E-state index is 0.0696. The van der Waals surface area contributed by atoms with E-state index in [1.807, 2.05) is 31.2 Å². The lowest BCUT2D eigenvalue weighted by Crippen LogP contribution is -2.40. The molecule has 1 fully saturated rings. The maximum atomic E-state index is 11.7. The van der Waals surface area contributed by atoms with Crippen LogP contribution in [0.1, 0.15) is 24.8 Å². The van der Waals surface area contributed by atoms with Crippen LogP contribution in [-0.4, -0.2) is 23.9 Å². The zero-order valence-electron chi connectivity index (χ0n) is 11.0. The summed E-state index contributed by atoms with van der Waals surface area (Å²) in [7, 11) is 0. The van der Waals surface area contributed by atoms with E-state index >= 15 is 0 Å². The van der Waals surface area contributed by atoms with E-state index in [9.17, 15) is 9.59 Å². The number of amides is 2. The number of anilines is 1. The SMILES string of the molecule is Cc1ccccc1NC(CC(=O)NC1CC1)C(N)=O. The molecule has 1 aromatic carbocycles. The van der Waals surface area contributed by atoms with E-state index in [2.05, 4.69) is 10.6 Å². The van der Waals surface area contributed by atoms with Gasteiger partial charge in [-0.3, -0.25) is 9.59 Å². The molecule has 2 amide bonds. The predicted octanol–water partition coefficient (Wildman–Crippen LogP) is 0.930. The average molecular weight is 261 g/mol. The molecule has 1 saturated carbocycles. The quantitative estimate of drug-likeness (QED) is 0.712. The van der Waals surface area contributed by atoms with E-state index in [0.717, 1.165) is 24.1 Å². The minimum atomic E-state index is -0.681. The van der Waals surface area contributed by atoms with Gasteiger partial charge in [-0.1, -0.05) is 18.2 Å². The van der Waals surface area contributed by atoms with Gasteiger partial charge in [-0.2, -0.15) is 0 Å². The summed E-state index contributed by atoms with van der Waals surface area (Å²) in [6.45, 7) is 1.94. The molecule has 4 N–H and O–H groups in total. The Morgan fingerprint density at radius 2 is 2.05 bits per heavy atom. The molecule has 1 atom stereocenters. The van der Waals surface area contributed by atoms with Crippen LogP contribution in [0.4, 0.5) is 5.69 Å². The smallest absolute Gasteiger partial charge is 0.240 e. The first-order valence-electron chi connectivity index (χ1n) is 6.47. The highest BCUT2D eigenvalue weighted by Gasteiger charge is 2.26. The van der Waals surface area contributed by atoms with E-state index in [1.54, 1.807) is 0 Å². The number of carbonyl (C=O) groups excluding carboxylic acids is 2. The fourth-order valence-electron chi connectivity index (χ4n) is 1.84. The second-order valence-electron chi connectivity index (χ2n) is 4.96. The van der Waals surface area contributed by atoms with Crippen LogP contribution in [0.3, 0.4) is 0 Å². The Kier molecular flexibility index (Phi) is 4.04. The van der Waals surface area contributed by atoms with Crippen molar-refractivity contribution in [2.75, 3.05) is 5.32 Å². The molecule has 1 unspecified atom stereocenters. The van der Waals surface area contributed by atoms with Crippen molar-refractivity contribution in [1.82, 2.24) is 5.32 Å². The van der Waals surface area contributed by atoms with Crippen molar-refractivity contribution in [3.05, 3.63) is 29.8 Å². The van der Waals surface area contributed by atoms with Gasteiger partial charge in [0.1, 0.15) is 6.04 Å². The normalized spacial score (nSPS) is 15.6. The third-order valence-electron chi connectivity index (χ3n) is 3.15. The zero-order valence-corrected chi connectivity index (χ0v) is 11.0.